The molecule has 1 aliphatic heterocycles. The van der Waals surface area contributed by atoms with Gasteiger partial charge < -0.3 is 20.7 Å². The van der Waals surface area contributed by atoms with E-state index in [1.165, 1.54) is 43.1 Å². The maximum absolute atomic E-state index is 13.2. The zero-order valence-corrected chi connectivity index (χ0v) is 22.4. The highest BCUT2D eigenvalue weighted by atomic mass is 35.5. The number of sulfone groups is 1. The zero-order valence-electron chi connectivity index (χ0n) is 20.8. The van der Waals surface area contributed by atoms with E-state index in [1.54, 1.807) is 13.1 Å². The summed E-state index contributed by atoms with van der Waals surface area (Å²) < 4.78 is 70.8. The van der Waals surface area contributed by atoms with Gasteiger partial charge in [0.1, 0.15) is 5.02 Å². The fraction of sp³-hybridized carbons (Fsp3) is 0.435. The Balaban J connectivity index is 1.64. The highest BCUT2D eigenvalue weighted by Crippen LogP contribution is 2.37. The molecule has 4 rings (SSSR count). The lowest BCUT2D eigenvalue weighted by Crippen LogP contribution is -2.26. The number of halogens is 4. The van der Waals surface area contributed by atoms with Crippen LogP contribution >= 0.6 is 11.6 Å². The van der Waals surface area contributed by atoms with Gasteiger partial charge in [0.15, 0.2) is 11.6 Å². The van der Waals surface area contributed by atoms with Crippen LogP contribution in [0.3, 0.4) is 0 Å². The topological polar surface area (TPSA) is 123 Å². The number of anilines is 4. The van der Waals surface area contributed by atoms with Crippen LogP contribution in [-0.4, -0.2) is 52.9 Å². The first kappa shape index (κ1) is 27.9. The molecule has 3 aromatic rings. The SMILES string of the molecule is CC(C)S(=O)(=O)c1nn(C)cc1Nc1nc(Nc2ccc(C3CCNCC3)cc2OC(F)(F)F)ncc1Cl. The standard InChI is InChI=1S/C23H27ClF3N7O3S/c1-13(2)38(35,36)21-18(12-34(3)33-21)30-20-16(24)11-29-22(32-20)31-17-5-4-15(14-6-8-28-9-7-14)10-19(17)37-23(25,26)27/h4-5,10-14,28H,6-9H2,1-3H3,(H2,29,30,31,32). The maximum Gasteiger partial charge on any atom is 0.573 e. The maximum atomic E-state index is 13.2. The number of alkyl halides is 3. The van der Waals surface area contributed by atoms with Crippen LogP contribution in [0.15, 0.2) is 35.6 Å². The van der Waals surface area contributed by atoms with Crippen molar-refractivity contribution in [1.82, 2.24) is 25.1 Å². The van der Waals surface area contributed by atoms with Crippen molar-refractivity contribution in [3.05, 3.63) is 41.2 Å². The van der Waals surface area contributed by atoms with Gasteiger partial charge in [-0.3, -0.25) is 4.68 Å². The van der Waals surface area contributed by atoms with Gasteiger partial charge in [0, 0.05) is 13.2 Å². The smallest absolute Gasteiger partial charge is 0.404 e. The van der Waals surface area contributed by atoms with Crippen LogP contribution in [0, 0.1) is 0 Å². The number of benzene rings is 1. The van der Waals surface area contributed by atoms with Gasteiger partial charge >= 0.3 is 6.36 Å². The van der Waals surface area contributed by atoms with E-state index in [2.05, 4.69) is 35.8 Å². The molecule has 10 nitrogen and oxygen atoms in total. The number of hydrogen-bond donors (Lipinski definition) is 3. The van der Waals surface area contributed by atoms with Crippen LogP contribution in [0.2, 0.25) is 5.02 Å². The Bertz CT molecular complexity index is 1410. The predicted molar refractivity (Wildman–Crippen MR) is 137 cm³/mol. The fourth-order valence-corrected chi connectivity index (χ4v) is 5.25. The Morgan fingerprint density at radius 3 is 2.55 bits per heavy atom. The van der Waals surface area contributed by atoms with E-state index in [0.29, 0.717) is 0 Å². The third-order valence-corrected chi connectivity index (χ3v) is 8.33. The summed E-state index contributed by atoms with van der Waals surface area (Å²) >= 11 is 6.24. The van der Waals surface area contributed by atoms with Gasteiger partial charge in [-0.15, -0.1) is 13.2 Å². The monoisotopic (exact) mass is 573 g/mol. The summed E-state index contributed by atoms with van der Waals surface area (Å²) in [7, 11) is -2.17. The average Bonchev–Trinajstić information content (AvgIpc) is 3.22. The lowest BCUT2D eigenvalue weighted by atomic mass is 9.90. The first-order chi connectivity index (χ1) is 17.8. The Hall–Kier alpha value is -3.10. The molecule has 0 atom stereocenters. The number of aryl methyl sites for hydroxylation is 1. The van der Waals surface area contributed by atoms with Crippen molar-refractivity contribution < 1.29 is 26.3 Å². The minimum absolute atomic E-state index is 0.00210. The highest BCUT2D eigenvalue weighted by Gasteiger charge is 2.33. The second kappa shape index (κ2) is 10.9. The van der Waals surface area contributed by atoms with Crippen LogP contribution in [0.4, 0.5) is 36.3 Å². The highest BCUT2D eigenvalue weighted by molar-refractivity contribution is 7.92. The molecular weight excluding hydrogens is 547 g/mol. The predicted octanol–water partition coefficient (Wildman–Crippen LogP) is 4.90. The number of rotatable bonds is 8. The molecule has 2 aromatic heterocycles. The molecule has 38 heavy (non-hydrogen) atoms. The van der Waals surface area contributed by atoms with Gasteiger partial charge in [0.2, 0.25) is 20.8 Å². The lowest BCUT2D eigenvalue weighted by molar-refractivity contribution is -0.274. The number of nitrogens with zero attached hydrogens (tertiary/aromatic N) is 4. The summed E-state index contributed by atoms with van der Waals surface area (Å²) in [5.74, 6) is -0.365. The van der Waals surface area contributed by atoms with Gasteiger partial charge in [0.05, 0.1) is 22.8 Å². The van der Waals surface area contributed by atoms with Crippen LogP contribution in [-0.2, 0) is 16.9 Å². The Morgan fingerprint density at radius 2 is 1.89 bits per heavy atom. The molecule has 1 aromatic carbocycles. The van der Waals surface area contributed by atoms with Crippen LogP contribution in [0.25, 0.3) is 0 Å². The minimum Gasteiger partial charge on any atom is -0.404 e. The normalized spacial score (nSPS) is 15.1. The number of piperidine rings is 1. The average molecular weight is 574 g/mol. The summed E-state index contributed by atoms with van der Waals surface area (Å²) in [6.07, 6.45) is -0.613. The van der Waals surface area contributed by atoms with Crippen molar-refractivity contribution in [3.8, 4) is 5.75 Å². The number of aromatic nitrogens is 4. The van der Waals surface area contributed by atoms with E-state index in [9.17, 15) is 21.6 Å². The minimum atomic E-state index is -4.91. The van der Waals surface area contributed by atoms with E-state index in [0.717, 1.165) is 31.5 Å². The van der Waals surface area contributed by atoms with E-state index < -0.39 is 27.2 Å². The van der Waals surface area contributed by atoms with Crippen molar-refractivity contribution in [3.63, 3.8) is 0 Å². The number of nitrogens with one attached hydrogen (secondary N) is 3. The Kier molecular flexibility index (Phi) is 8.04. The van der Waals surface area contributed by atoms with Gasteiger partial charge in [0.25, 0.3) is 0 Å². The summed E-state index contributed by atoms with van der Waals surface area (Å²) in [6, 6.07) is 4.60. The molecular formula is C23H27ClF3N7O3S. The van der Waals surface area contributed by atoms with E-state index in [-0.39, 0.29) is 39.1 Å². The van der Waals surface area contributed by atoms with Gasteiger partial charge in [-0.1, -0.05) is 17.7 Å². The molecule has 0 bridgehead atoms. The molecule has 0 unspecified atom stereocenters. The summed E-state index contributed by atoms with van der Waals surface area (Å²) in [6.45, 7) is 4.63. The number of hydrogen-bond acceptors (Lipinski definition) is 9. The van der Waals surface area contributed by atoms with Crippen molar-refractivity contribution in [1.29, 1.82) is 0 Å². The van der Waals surface area contributed by atoms with Crippen molar-refractivity contribution in [2.45, 2.75) is 49.2 Å². The van der Waals surface area contributed by atoms with Crippen LogP contribution < -0.4 is 20.7 Å². The lowest BCUT2D eigenvalue weighted by Gasteiger charge is -2.24. The van der Waals surface area contributed by atoms with Gasteiger partial charge in [-0.05, 0) is 63.4 Å². The van der Waals surface area contributed by atoms with Crippen molar-refractivity contribution in [2.24, 2.45) is 7.05 Å². The summed E-state index contributed by atoms with van der Waals surface area (Å²) in [4.78, 5) is 8.30. The zero-order chi connectivity index (χ0) is 27.7. The molecule has 0 amide bonds. The van der Waals surface area contributed by atoms with E-state index in [4.69, 9.17) is 11.6 Å². The summed E-state index contributed by atoms with van der Waals surface area (Å²) in [5, 5.41) is 12.0. The van der Waals surface area contributed by atoms with E-state index >= 15 is 0 Å². The molecule has 0 spiro atoms. The van der Waals surface area contributed by atoms with Crippen molar-refractivity contribution in [2.75, 3.05) is 23.7 Å². The third kappa shape index (κ3) is 6.48. The quantitative estimate of drug-likeness (QED) is 0.345. The largest absolute Gasteiger partial charge is 0.573 e. The molecule has 1 aliphatic rings. The molecule has 0 radical (unpaired) electrons. The van der Waals surface area contributed by atoms with Gasteiger partial charge in [-0.2, -0.15) is 10.1 Å². The van der Waals surface area contributed by atoms with Crippen LogP contribution in [0.1, 0.15) is 38.2 Å². The van der Waals surface area contributed by atoms with E-state index in [1.807, 2.05) is 0 Å². The molecule has 1 saturated heterocycles. The molecule has 15 heteroatoms. The Morgan fingerprint density at radius 1 is 1.18 bits per heavy atom. The first-order valence-electron chi connectivity index (χ1n) is 11.8. The molecule has 206 valence electrons. The molecule has 0 aliphatic carbocycles. The molecule has 1 fully saturated rings. The number of ether oxygens (including phenoxy) is 1. The fourth-order valence-electron chi connectivity index (χ4n) is 4.01. The van der Waals surface area contributed by atoms with Gasteiger partial charge in [-0.25, -0.2) is 13.4 Å². The molecule has 3 N–H and O–H groups in total. The molecule has 3 heterocycles. The Labute approximate surface area is 222 Å². The second-order valence-corrected chi connectivity index (χ2v) is 11.9. The van der Waals surface area contributed by atoms with Crippen LogP contribution in [0.5, 0.6) is 5.75 Å². The van der Waals surface area contributed by atoms with Crippen molar-refractivity contribution >= 4 is 44.6 Å². The third-order valence-electron chi connectivity index (χ3n) is 5.97. The summed E-state index contributed by atoms with van der Waals surface area (Å²) in [5.41, 5.74) is 0.879. The first-order valence-corrected chi connectivity index (χ1v) is 13.7. The molecule has 0 saturated carbocycles. The second-order valence-electron chi connectivity index (χ2n) is 9.08.